The Kier molecular flexibility index (Phi) is 7.96. The number of hydrogen-bond donors (Lipinski definition) is 1. The fraction of sp³-hybridized carbons (Fsp3) is 0.312. The summed E-state index contributed by atoms with van der Waals surface area (Å²) in [5.74, 6) is 5.84. The summed E-state index contributed by atoms with van der Waals surface area (Å²) in [6.45, 7) is 4.72. The molecule has 2 aliphatic rings. The second kappa shape index (κ2) is 11.6. The van der Waals surface area contributed by atoms with Crippen molar-refractivity contribution >= 4 is 23.6 Å². The van der Waals surface area contributed by atoms with Gasteiger partial charge in [0, 0.05) is 24.9 Å². The molecule has 2 aliphatic heterocycles. The molecule has 0 unspecified atom stereocenters. The van der Waals surface area contributed by atoms with Crippen LogP contribution in [0.15, 0.2) is 66.9 Å². The molecule has 11 heteroatoms. The van der Waals surface area contributed by atoms with Crippen LogP contribution in [0, 0.1) is 11.8 Å². The van der Waals surface area contributed by atoms with Crippen LogP contribution in [0.2, 0.25) is 0 Å². The number of rotatable bonds is 4. The third-order valence-corrected chi connectivity index (χ3v) is 6.57. The number of likely N-dealkylation sites (tertiary alicyclic amines) is 1. The molecule has 1 N–H and O–H groups in total. The molecule has 2 aromatic carbocycles. The van der Waals surface area contributed by atoms with Gasteiger partial charge in [-0.15, -0.1) is 0 Å². The minimum atomic E-state index is -1.87. The molecule has 3 amide bonds. The first-order valence-corrected chi connectivity index (χ1v) is 13.6. The molecule has 1 aromatic heterocycles. The summed E-state index contributed by atoms with van der Waals surface area (Å²) in [5, 5.41) is 2.69. The summed E-state index contributed by atoms with van der Waals surface area (Å²) in [6.07, 6.45) is 0.860. The van der Waals surface area contributed by atoms with Crippen LogP contribution in [0.5, 0.6) is 17.2 Å². The number of anilines is 1. The van der Waals surface area contributed by atoms with Crippen molar-refractivity contribution in [3.63, 3.8) is 0 Å². The summed E-state index contributed by atoms with van der Waals surface area (Å²) < 4.78 is 32.0. The van der Waals surface area contributed by atoms with E-state index in [2.05, 4.69) is 22.1 Å². The Morgan fingerprint density at radius 1 is 1.09 bits per heavy atom. The fourth-order valence-corrected chi connectivity index (χ4v) is 4.41. The first-order valence-electron chi connectivity index (χ1n) is 13.6. The van der Waals surface area contributed by atoms with Gasteiger partial charge in [0.1, 0.15) is 41.2 Å². The Balaban J connectivity index is 1.23. The Labute approximate surface area is 248 Å². The largest absolute Gasteiger partial charge is 0.489 e. The number of hydrogen-bond acceptors (Lipinski definition) is 7. The second-order valence-corrected chi connectivity index (χ2v) is 11.3. The maximum atomic E-state index is 15.1. The fourth-order valence-electron chi connectivity index (χ4n) is 4.41. The lowest BCUT2D eigenvalue weighted by molar-refractivity contribution is -0.120. The number of alkyl halides is 1. The van der Waals surface area contributed by atoms with Crippen LogP contribution in [0.1, 0.15) is 36.8 Å². The van der Waals surface area contributed by atoms with Gasteiger partial charge in [-0.3, -0.25) is 19.5 Å². The van der Waals surface area contributed by atoms with E-state index >= 15 is 4.39 Å². The number of ether oxygens (including phenoxy) is 3. The van der Waals surface area contributed by atoms with Crippen LogP contribution in [0.25, 0.3) is 0 Å². The maximum Gasteiger partial charge on any atom is 0.410 e. The Hall–Kier alpha value is -5.11. The monoisotopic (exact) mass is 586 g/mol. The van der Waals surface area contributed by atoms with E-state index < -0.39 is 35.2 Å². The van der Waals surface area contributed by atoms with Crippen molar-refractivity contribution in [1.29, 1.82) is 0 Å². The number of likely N-dealkylation sites (N-methyl/N-ethyl adjacent to an activating group) is 1. The van der Waals surface area contributed by atoms with Crippen LogP contribution in [0.4, 0.5) is 14.9 Å². The van der Waals surface area contributed by atoms with Gasteiger partial charge < -0.3 is 24.4 Å². The molecule has 3 aromatic rings. The molecule has 0 spiro atoms. The lowest BCUT2D eigenvalue weighted by Gasteiger charge is -2.41. The number of benzene rings is 2. The zero-order chi connectivity index (χ0) is 30.8. The topological polar surface area (TPSA) is 110 Å². The molecule has 0 bridgehead atoms. The van der Waals surface area contributed by atoms with Crippen molar-refractivity contribution in [3.8, 4) is 29.1 Å². The molecule has 0 saturated carbocycles. The van der Waals surface area contributed by atoms with Gasteiger partial charge in [-0.2, -0.15) is 0 Å². The molecule has 0 aliphatic carbocycles. The first kappa shape index (κ1) is 29.4. The van der Waals surface area contributed by atoms with E-state index in [9.17, 15) is 14.4 Å². The number of nitrogens with zero attached hydrogens (tertiary/aromatic N) is 3. The Bertz CT molecular complexity index is 1610. The number of aromatic nitrogens is 1. The normalized spacial score (nSPS) is 17.2. The zero-order valence-corrected chi connectivity index (χ0v) is 24.2. The average Bonchev–Trinajstić information content (AvgIpc) is 3.06. The van der Waals surface area contributed by atoms with E-state index in [4.69, 9.17) is 14.2 Å². The number of carbonyl (C=O) groups excluding carboxylic acids is 3. The van der Waals surface area contributed by atoms with Crippen LogP contribution >= 0.6 is 0 Å². The number of amides is 3. The molecule has 0 radical (unpaired) electrons. The molecule has 222 valence electrons. The number of carbonyl (C=O) groups is 3. The van der Waals surface area contributed by atoms with Crippen molar-refractivity contribution in [2.45, 2.75) is 38.1 Å². The van der Waals surface area contributed by atoms with E-state index in [1.165, 1.54) is 22.1 Å². The van der Waals surface area contributed by atoms with Crippen molar-refractivity contribution < 1.29 is 33.0 Å². The minimum Gasteiger partial charge on any atom is -0.489 e. The third kappa shape index (κ3) is 7.04. The number of pyridine rings is 1. The average molecular weight is 587 g/mol. The molecular formula is C32H31FN4O6. The highest BCUT2D eigenvalue weighted by Crippen LogP contribution is 2.32. The highest BCUT2D eigenvalue weighted by molar-refractivity contribution is 6.03. The van der Waals surface area contributed by atoms with Crippen LogP contribution < -0.4 is 19.7 Å². The van der Waals surface area contributed by atoms with E-state index in [1.54, 1.807) is 64.2 Å². The van der Waals surface area contributed by atoms with Crippen LogP contribution in [-0.4, -0.2) is 71.8 Å². The van der Waals surface area contributed by atoms with Gasteiger partial charge in [0.15, 0.2) is 0 Å². The molecular weight excluding hydrogens is 555 g/mol. The quantitative estimate of drug-likeness (QED) is 0.453. The summed E-state index contributed by atoms with van der Waals surface area (Å²) in [6, 6.07) is 16.1. The lowest BCUT2D eigenvalue weighted by atomic mass is 9.97. The molecule has 43 heavy (non-hydrogen) atoms. The summed E-state index contributed by atoms with van der Waals surface area (Å²) in [7, 11) is 1.56. The van der Waals surface area contributed by atoms with Crippen molar-refractivity contribution in [2.24, 2.45) is 0 Å². The van der Waals surface area contributed by atoms with E-state index in [-0.39, 0.29) is 25.4 Å². The summed E-state index contributed by atoms with van der Waals surface area (Å²) >= 11 is 0. The summed E-state index contributed by atoms with van der Waals surface area (Å²) in [4.78, 5) is 45.2. The van der Waals surface area contributed by atoms with Gasteiger partial charge in [0.25, 0.3) is 11.8 Å². The van der Waals surface area contributed by atoms with Crippen LogP contribution in [-0.2, 0) is 9.53 Å². The van der Waals surface area contributed by atoms with Gasteiger partial charge in [-0.05, 0) is 57.2 Å². The maximum absolute atomic E-state index is 15.1. The smallest absolute Gasteiger partial charge is 0.410 e. The number of fused-ring (bicyclic) bond motifs is 1. The number of para-hydroxylation sites is 1. The highest BCUT2D eigenvalue weighted by Gasteiger charge is 2.46. The predicted octanol–water partition coefficient (Wildman–Crippen LogP) is 4.34. The number of nitrogens with one attached hydrogen (secondary N) is 1. The lowest BCUT2D eigenvalue weighted by Crippen LogP contribution is -2.61. The van der Waals surface area contributed by atoms with E-state index in [0.29, 0.717) is 28.5 Å². The Morgan fingerprint density at radius 3 is 2.56 bits per heavy atom. The molecule has 1 fully saturated rings. The van der Waals surface area contributed by atoms with Crippen molar-refractivity contribution in [2.75, 3.05) is 31.6 Å². The summed E-state index contributed by atoms with van der Waals surface area (Å²) in [5.41, 5.74) is -1.59. The standard InChI is InChI=1S/C32H31FN4O6/c1-31(2,3)43-30(40)37-19-32(33,20-37)14-12-21-10-11-27-26(16-21)36(4)29(39)25(18-41-27)35-28(38)24-17-23(13-15-34-24)42-22-8-6-5-7-9-22/h5-11,13,15-17,25H,18-20H2,1-4H3,(H,35,38)/t25-/m0/s1. The molecule has 5 rings (SSSR count). The molecule has 1 saturated heterocycles. The van der Waals surface area contributed by atoms with Gasteiger partial charge in [0.2, 0.25) is 5.67 Å². The predicted molar refractivity (Wildman–Crippen MR) is 156 cm³/mol. The Morgan fingerprint density at radius 2 is 1.84 bits per heavy atom. The van der Waals surface area contributed by atoms with Gasteiger partial charge >= 0.3 is 6.09 Å². The highest BCUT2D eigenvalue weighted by atomic mass is 19.1. The van der Waals surface area contributed by atoms with E-state index in [1.807, 2.05) is 18.2 Å². The van der Waals surface area contributed by atoms with Gasteiger partial charge in [0.05, 0.1) is 18.8 Å². The SMILES string of the molecule is CN1C(=O)[C@@H](NC(=O)c2cc(Oc3ccccc3)ccn2)COc2ccc(C#CC3(F)CN(C(=O)OC(C)(C)C)C3)cc21. The van der Waals surface area contributed by atoms with Gasteiger partial charge in [-0.25, -0.2) is 9.18 Å². The molecule has 1 atom stereocenters. The second-order valence-electron chi connectivity index (χ2n) is 11.3. The zero-order valence-electron chi connectivity index (χ0n) is 24.2. The molecule has 10 nitrogen and oxygen atoms in total. The number of halogens is 1. The van der Waals surface area contributed by atoms with Crippen molar-refractivity contribution in [1.82, 2.24) is 15.2 Å². The van der Waals surface area contributed by atoms with E-state index in [0.717, 1.165) is 0 Å². The first-order chi connectivity index (χ1) is 20.4. The third-order valence-electron chi connectivity index (χ3n) is 6.57. The van der Waals surface area contributed by atoms with Crippen LogP contribution in [0.3, 0.4) is 0 Å². The minimum absolute atomic E-state index is 0.0737. The molecule has 3 heterocycles. The van der Waals surface area contributed by atoms with Gasteiger partial charge in [-0.1, -0.05) is 30.0 Å². The van der Waals surface area contributed by atoms with Crippen molar-refractivity contribution in [3.05, 3.63) is 78.1 Å².